The van der Waals surface area contributed by atoms with E-state index in [4.69, 9.17) is 0 Å². The van der Waals surface area contributed by atoms with E-state index in [1.54, 1.807) is 0 Å². The molecule has 4 nitrogen and oxygen atoms in total. The van der Waals surface area contributed by atoms with Crippen LogP contribution in [0.3, 0.4) is 0 Å². The predicted molar refractivity (Wildman–Crippen MR) is 63.7 cm³/mol. The standard InChI is InChI=1S/C12H21N3O/c1-2-3-6-13-12(16)10-8-11-5-4-7-14-15(11)9-10/h2-3,10-11,14H,4-9H2,1H3,(H,13,16)/b3-2+. The topological polar surface area (TPSA) is 44.4 Å². The number of rotatable bonds is 3. The molecule has 0 aromatic heterocycles. The lowest BCUT2D eigenvalue weighted by Gasteiger charge is -2.29. The highest BCUT2D eigenvalue weighted by molar-refractivity contribution is 5.79. The minimum Gasteiger partial charge on any atom is -0.352 e. The zero-order valence-electron chi connectivity index (χ0n) is 9.91. The Morgan fingerprint density at radius 3 is 3.25 bits per heavy atom. The van der Waals surface area contributed by atoms with Gasteiger partial charge in [0.15, 0.2) is 0 Å². The van der Waals surface area contributed by atoms with Gasteiger partial charge in [-0.3, -0.25) is 10.2 Å². The van der Waals surface area contributed by atoms with Gasteiger partial charge in [-0.25, -0.2) is 5.01 Å². The first-order valence-electron chi connectivity index (χ1n) is 6.20. The lowest BCUT2D eigenvalue weighted by atomic mass is 10.0. The molecule has 90 valence electrons. The third-order valence-electron chi connectivity index (χ3n) is 3.44. The van der Waals surface area contributed by atoms with Gasteiger partial charge in [0.1, 0.15) is 0 Å². The number of nitrogens with zero attached hydrogens (tertiary/aromatic N) is 1. The second-order valence-corrected chi connectivity index (χ2v) is 4.60. The van der Waals surface area contributed by atoms with E-state index in [2.05, 4.69) is 15.8 Å². The van der Waals surface area contributed by atoms with E-state index in [1.165, 1.54) is 12.8 Å². The number of allylic oxidation sites excluding steroid dienone is 1. The van der Waals surface area contributed by atoms with Gasteiger partial charge in [0.25, 0.3) is 0 Å². The zero-order chi connectivity index (χ0) is 11.4. The summed E-state index contributed by atoms with van der Waals surface area (Å²) in [5, 5.41) is 5.21. The average Bonchev–Trinajstić information content (AvgIpc) is 2.73. The zero-order valence-corrected chi connectivity index (χ0v) is 9.91. The van der Waals surface area contributed by atoms with E-state index in [0.717, 1.165) is 19.5 Å². The molecule has 2 atom stereocenters. The fourth-order valence-electron chi connectivity index (χ4n) is 2.56. The number of carbonyl (C=O) groups excluding carboxylic acids is 1. The smallest absolute Gasteiger partial charge is 0.224 e. The maximum Gasteiger partial charge on any atom is 0.224 e. The van der Waals surface area contributed by atoms with Crippen LogP contribution >= 0.6 is 0 Å². The Morgan fingerprint density at radius 1 is 1.62 bits per heavy atom. The first-order valence-corrected chi connectivity index (χ1v) is 6.20. The van der Waals surface area contributed by atoms with E-state index in [9.17, 15) is 4.79 Å². The van der Waals surface area contributed by atoms with Crippen LogP contribution in [0.4, 0.5) is 0 Å². The van der Waals surface area contributed by atoms with Crippen molar-refractivity contribution < 1.29 is 4.79 Å². The summed E-state index contributed by atoms with van der Waals surface area (Å²) in [5.41, 5.74) is 3.37. The molecule has 2 N–H and O–H groups in total. The molecule has 2 saturated heterocycles. The van der Waals surface area contributed by atoms with Crippen molar-refractivity contribution in [3.63, 3.8) is 0 Å². The number of hydrazine groups is 1. The summed E-state index contributed by atoms with van der Waals surface area (Å²) in [6, 6.07) is 0.575. The Bertz CT molecular complexity index is 263. The number of hydrogen-bond donors (Lipinski definition) is 2. The van der Waals surface area contributed by atoms with E-state index >= 15 is 0 Å². The Balaban J connectivity index is 1.80. The highest BCUT2D eigenvalue weighted by Crippen LogP contribution is 2.26. The Hall–Kier alpha value is -0.870. The Kier molecular flexibility index (Phi) is 3.96. The molecule has 0 spiro atoms. The van der Waals surface area contributed by atoms with E-state index in [1.807, 2.05) is 19.1 Å². The van der Waals surface area contributed by atoms with Crippen molar-refractivity contribution in [3.05, 3.63) is 12.2 Å². The molecule has 0 saturated carbocycles. The summed E-state index contributed by atoms with van der Waals surface area (Å²) < 4.78 is 0. The summed E-state index contributed by atoms with van der Waals surface area (Å²) in [7, 11) is 0. The molecule has 2 rings (SSSR count). The van der Waals surface area contributed by atoms with Crippen LogP contribution in [0.1, 0.15) is 26.2 Å². The van der Waals surface area contributed by atoms with E-state index in [0.29, 0.717) is 12.6 Å². The lowest BCUT2D eigenvalue weighted by Crippen LogP contribution is -2.46. The second-order valence-electron chi connectivity index (χ2n) is 4.60. The monoisotopic (exact) mass is 223 g/mol. The molecule has 0 aliphatic carbocycles. The molecular formula is C12H21N3O. The van der Waals surface area contributed by atoms with Crippen molar-refractivity contribution in [2.75, 3.05) is 19.6 Å². The number of hydrogen-bond acceptors (Lipinski definition) is 3. The Labute approximate surface area is 97.0 Å². The number of amides is 1. The number of carbonyl (C=O) groups is 1. The highest BCUT2D eigenvalue weighted by atomic mass is 16.1. The number of nitrogens with one attached hydrogen (secondary N) is 2. The summed E-state index contributed by atoms with van der Waals surface area (Å²) in [4.78, 5) is 11.9. The van der Waals surface area contributed by atoms with Crippen LogP contribution in [0, 0.1) is 5.92 Å². The van der Waals surface area contributed by atoms with Gasteiger partial charge >= 0.3 is 0 Å². The van der Waals surface area contributed by atoms with Gasteiger partial charge in [0.05, 0.1) is 5.92 Å². The van der Waals surface area contributed by atoms with Crippen molar-refractivity contribution in [3.8, 4) is 0 Å². The van der Waals surface area contributed by atoms with Crippen molar-refractivity contribution in [2.45, 2.75) is 32.2 Å². The maximum absolute atomic E-state index is 11.9. The molecule has 2 unspecified atom stereocenters. The molecule has 4 heteroatoms. The first-order chi connectivity index (χ1) is 7.81. The van der Waals surface area contributed by atoms with Gasteiger partial charge in [-0.15, -0.1) is 0 Å². The molecule has 0 bridgehead atoms. The molecule has 16 heavy (non-hydrogen) atoms. The minimum absolute atomic E-state index is 0.167. The van der Waals surface area contributed by atoms with Crippen molar-refractivity contribution in [1.29, 1.82) is 0 Å². The van der Waals surface area contributed by atoms with Crippen molar-refractivity contribution in [1.82, 2.24) is 15.8 Å². The fourth-order valence-corrected chi connectivity index (χ4v) is 2.56. The maximum atomic E-state index is 11.9. The summed E-state index contributed by atoms with van der Waals surface area (Å²) in [6.07, 6.45) is 7.40. The third-order valence-corrected chi connectivity index (χ3v) is 3.44. The van der Waals surface area contributed by atoms with Crippen LogP contribution in [-0.4, -0.2) is 36.6 Å². The molecule has 0 radical (unpaired) electrons. The normalized spacial score (nSPS) is 30.6. The molecule has 1 amide bonds. The second kappa shape index (κ2) is 5.46. The highest BCUT2D eigenvalue weighted by Gasteiger charge is 2.36. The van der Waals surface area contributed by atoms with Gasteiger partial charge in [0, 0.05) is 25.7 Å². The van der Waals surface area contributed by atoms with Crippen LogP contribution in [0.15, 0.2) is 12.2 Å². The summed E-state index contributed by atoms with van der Waals surface area (Å²) in [5.74, 6) is 0.371. The van der Waals surface area contributed by atoms with E-state index in [-0.39, 0.29) is 11.8 Å². The van der Waals surface area contributed by atoms with Crippen molar-refractivity contribution >= 4 is 5.91 Å². The number of fused-ring (bicyclic) bond motifs is 1. The minimum atomic E-state index is 0.167. The Morgan fingerprint density at radius 2 is 2.50 bits per heavy atom. The van der Waals surface area contributed by atoms with E-state index < -0.39 is 0 Å². The van der Waals surface area contributed by atoms with Crippen molar-refractivity contribution in [2.24, 2.45) is 5.92 Å². The summed E-state index contributed by atoms with van der Waals surface area (Å²) >= 11 is 0. The van der Waals surface area contributed by atoms with Crippen LogP contribution < -0.4 is 10.7 Å². The van der Waals surface area contributed by atoms with Gasteiger partial charge in [0.2, 0.25) is 5.91 Å². The van der Waals surface area contributed by atoms with Gasteiger partial charge in [-0.2, -0.15) is 0 Å². The van der Waals surface area contributed by atoms with Crippen LogP contribution in [0.2, 0.25) is 0 Å². The first kappa shape index (κ1) is 11.6. The molecule has 2 aliphatic heterocycles. The molecule has 2 aliphatic rings. The average molecular weight is 223 g/mol. The molecule has 0 aromatic rings. The molecule has 2 fully saturated rings. The van der Waals surface area contributed by atoms with Gasteiger partial charge in [-0.05, 0) is 26.2 Å². The molecule has 2 heterocycles. The van der Waals surface area contributed by atoms with Gasteiger partial charge in [-0.1, -0.05) is 12.2 Å². The molecule has 0 aromatic carbocycles. The molecular weight excluding hydrogens is 202 g/mol. The van der Waals surface area contributed by atoms with Crippen LogP contribution in [0.25, 0.3) is 0 Å². The fraction of sp³-hybridized carbons (Fsp3) is 0.750. The lowest BCUT2D eigenvalue weighted by molar-refractivity contribution is -0.124. The summed E-state index contributed by atoms with van der Waals surface area (Å²) in [6.45, 7) is 4.55. The SMILES string of the molecule is C/C=C/CNC(=O)C1CC2CCCNN2C1. The third kappa shape index (κ3) is 2.62. The van der Waals surface area contributed by atoms with Crippen LogP contribution in [0.5, 0.6) is 0 Å². The quantitative estimate of drug-likeness (QED) is 0.691. The van der Waals surface area contributed by atoms with Gasteiger partial charge < -0.3 is 5.32 Å². The van der Waals surface area contributed by atoms with Crippen LogP contribution in [-0.2, 0) is 4.79 Å². The largest absolute Gasteiger partial charge is 0.352 e. The predicted octanol–water partition coefficient (Wildman–Crippen LogP) is 0.668.